The van der Waals surface area contributed by atoms with Crippen molar-refractivity contribution in [3.63, 3.8) is 0 Å². The molecule has 14 heavy (non-hydrogen) atoms. The van der Waals surface area contributed by atoms with E-state index < -0.39 is 0 Å². The minimum absolute atomic E-state index is 0.213. The maximum atomic E-state index is 6.04. The van der Waals surface area contributed by atoms with Crippen LogP contribution in [0.5, 0.6) is 0 Å². The molecule has 1 saturated carbocycles. The molecule has 1 aliphatic heterocycles. The van der Waals surface area contributed by atoms with Gasteiger partial charge in [-0.3, -0.25) is 0 Å². The highest BCUT2D eigenvalue weighted by Crippen LogP contribution is 2.41. The number of hydrogen-bond donors (Lipinski definition) is 0. The first-order valence-corrected chi connectivity index (χ1v) is 7.19. The van der Waals surface area contributed by atoms with Crippen molar-refractivity contribution < 1.29 is 4.74 Å². The van der Waals surface area contributed by atoms with Crippen LogP contribution in [0.4, 0.5) is 0 Å². The van der Waals surface area contributed by atoms with Crippen LogP contribution < -0.4 is 0 Å². The quantitative estimate of drug-likeness (QED) is 0.541. The van der Waals surface area contributed by atoms with Crippen LogP contribution in [0.15, 0.2) is 0 Å². The maximum absolute atomic E-state index is 6.04. The Morgan fingerprint density at radius 1 is 1.07 bits per heavy atom. The molecule has 0 amide bonds. The van der Waals surface area contributed by atoms with Gasteiger partial charge < -0.3 is 4.74 Å². The molecule has 0 bridgehead atoms. The van der Waals surface area contributed by atoms with E-state index in [2.05, 4.69) is 15.9 Å². The summed E-state index contributed by atoms with van der Waals surface area (Å²) in [6.07, 6.45) is 11.1. The van der Waals surface area contributed by atoms with Crippen molar-refractivity contribution in [2.45, 2.75) is 57.0 Å². The van der Waals surface area contributed by atoms with E-state index >= 15 is 0 Å². The second-order valence-corrected chi connectivity index (χ2v) is 5.40. The van der Waals surface area contributed by atoms with Crippen LogP contribution in [0.3, 0.4) is 0 Å². The summed E-state index contributed by atoms with van der Waals surface area (Å²) in [7, 11) is 0. The van der Waals surface area contributed by atoms with Gasteiger partial charge in [-0.2, -0.15) is 0 Å². The molecule has 2 aliphatic rings. The van der Waals surface area contributed by atoms with E-state index in [0.29, 0.717) is 0 Å². The Bertz CT molecular complexity index is 167. The van der Waals surface area contributed by atoms with E-state index in [9.17, 15) is 0 Å². The Morgan fingerprint density at radius 3 is 2.29 bits per heavy atom. The third-order valence-corrected chi connectivity index (χ3v) is 4.91. The number of ether oxygens (including phenoxy) is 1. The molecule has 0 N–H and O–H groups in total. The van der Waals surface area contributed by atoms with Crippen LogP contribution in [0.25, 0.3) is 0 Å². The van der Waals surface area contributed by atoms with Crippen LogP contribution in [0.2, 0.25) is 0 Å². The maximum Gasteiger partial charge on any atom is 0.0807 e. The summed E-state index contributed by atoms with van der Waals surface area (Å²) in [5.41, 5.74) is 0.213. The molecule has 1 nitrogen and oxygen atoms in total. The van der Waals surface area contributed by atoms with E-state index in [1.807, 2.05) is 0 Å². The van der Waals surface area contributed by atoms with E-state index in [1.165, 1.54) is 51.4 Å². The van der Waals surface area contributed by atoms with Gasteiger partial charge in [0.25, 0.3) is 0 Å². The van der Waals surface area contributed by atoms with Crippen molar-refractivity contribution in [2.75, 3.05) is 11.9 Å². The minimum atomic E-state index is 0.213. The molecular formula is C12H21BrO. The number of halogens is 1. The molecule has 2 fully saturated rings. The number of alkyl halides is 1. The van der Waals surface area contributed by atoms with Crippen molar-refractivity contribution >= 4 is 15.9 Å². The summed E-state index contributed by atoms with van der Waals surface area (Å²) in [6, 6.07) is 0. The van der Waals surface area contributed by atoms with Gasteiger partial charge in [-0.05, 0) is 31.6 Å². The van der Waals surface area contributed by atoms with Gasteiger partial charge in [0.05, 0.1) is 5.60 Å². The molecule has 1 heterocycles. The van der Waals surface area contributed by atoms with Gasteiger partial charge in [-0.1, -0.05) is 41.6 Å². The van der Waals surface area contributed by atoms with Crippen molar-refractivity contribution in [2.24, 2.45) is 5.92 Å². The predicted molar refractivity (Wildman–Crippen MR) is 62.9 cm³/mol. The van der Waals surface area contributed by atoms with Crippen LogP contribution in [-0.4, -0.2) is 17.5 Å². The van der Waals surface area contributed by atoms with Crippen molar-refractivity contribution in [3.05, 3.63) is 0 Å². The summed E-state index contributed by atoms with van der Waals surface area (Å²) in [4.78, 5) is 0. The standard InChI is InChI=1S/C12H21BrO/c13-10-12(8-5-9-14-12)11-6-3-1-2-4-7-11/h11H,1-10H2. The molecule has 2 rings (SSSR count). The van der Waals surface area contributed by atoms with Crippen LogP contribution in [-0.2, 0) is 4.74 Å². The molecule has 2 heteroatoms. The topological polar surface area (TPSA) is 9.23 Å². The van der Waals surface area contributed by atoms with Gasteiger partial charge in [-0.15, -0.1) is 0 Å². The Morgan fingerprint density at radius 2 is 1.79 bits per heavy atom. The van der Waals surface area contributed by atoms with E-state index in [-0.39, 0.29) is 5.60 Å². The lowest BCUT2D eigenvalue weighted by Gasteiger charge is -2.35. The molecule has 1 unspecified atom stereocenters. The highest BCUT2D eigenvalue weighted by atomic mass is 79.9. The molecule has 1 aliphatic carbocycles. The van der Waals surface area contributed by atoms with Gasteiger partial charge in [0.2, 0.25) is 0 Å². The third-order valence-electron chi connectivity index (χ3n) is 3.96. The monoisotopic (exact) mass is 260 g/mol. The molecular weight excluding hydrogens is 240 g/mol. The van der Waals surface area contributed by atoms with Crippen LogP contribution in [0, 0.1) is 5.92 Å². The zero-order chi connectivity index (χ0) is 9.86. The van der Waals surface area contributed by atoms with E-state index in [1.54, 1.807) is 0 Å². The molecule has 0 spiro atoms. The fourth-order valence-corrected chi connectivity index (χ4v) is 3.96. The molecule has 0 aromatic heterocycles. The van der Waals surface area contributed by atoms with Gasteiger partial charge in [0.15, 0.2) is 0 Å². The van der Waals surface area contributed by atoms with E-state index in [0.717, 1.165) is 17.9 Å². The number of hydrogen-bond acceptors (Lipinski definition) is 1. The van der Waals surface area contributed by atoms with E-state index in [4.69, 9.17) is 4.74 Å². The third kappa shape index (κ3) is 2.16. The first-order chi connectivity index (χ1) is 6.87. The molecule has 1 saturated heterocycles. The first kappa shape index (κ1) is 10.9. The zero-order valence-electron chi connectivity index (χ0n) is 8.93. The highest BCUT2D eigenvalue weighted by molar-refractivity contribution is 9.09. The van der Waals surface area contributed by atoms with Gasteiger partial charge in [0, 0.05) is 11.9 Å². The first-order valence-electron chi connectivity index (χ1n) is 6.07. The fourth-order valence-electron chi connectivity index (χ4n) is 3.06. The van der Waals surface area contributed by atoms with Crippen LogP contribution in [0.1, 0.15) is 51.4 Å². The van der Waals surface area contributed by atoms with Crippen molar-refractivity contribution in [3.8, 4) is 0 Å². The largest absolute Gasteiger partial charge is 0.374 e. The number of rotatable bonds is 2. The lowest BCUT2D eigenvalue weighted by molar-refractivity contribution is -0.0288. The normalized spacial score (nSPS) is 35.8. The zero-order valence-corrected chi connectivity index (χ0v) is 10.5. The summed E-state index contributed by atoms with van der Waals surface area (Å²) in [6.45, 7) is 0.988. The molecule has 1 atom stereocenters. The molecule has 0 aromatic carbocycles. The SMILES string of the molecule is BrCC1(C2CCCCCC2)CCCO1. The second-order valence-electron chi connectivity index (χ2n) is 4.84. The Hall–Kier alpha value is 0.440. The smallest absolute Gasteiger partial charge is 0.0807 e. The van der Waals surface area contributed by atoms with Gasteiger partial charge in [-0.25, -0.2) is 0 Å². The predicted octanol–water partition coefficient (Wildman–Crippen LogP) is 3.90. The van der Waals surface area contributed by atoms with Gasteiger partial charge in [0.1, 0.15) is 0 Å². The minimum Gasteiger partial charge on any atom is -0.374 e. The summed E-state index contributed by atoms with van der Waals surface area (Å²) >= 11 is 3.67. The lowest BCUT2D eigenvalue weighted by atomic mass is 9.81. The lowest BCUT2D eigenvalue weighted by Crippen LogP contribution is -2.39. The van der Waals surface area contributed by atoms with Crippen molar-refractivity contribution in [1.29, 1.82) is 0 Å². The Kier molecular flexibility index (Phi) is 3.89. The molecule has 0 aromatic rings. The molecule has 82 valence electrons. The average molecular weight is 261 g/mol. The highest BCUT2D eigenvalue weighted by Gasteiger charge is 2.41. The van der Waals surface area contributed by atoms with Gasteiger partial charge >= 0.3 is 0 Å². The second kappa shape index (κ2) is 4.98. The van der Waals surface area contributed by atoms with Crippen molar-refractivity contribution in [1.82, 2.24) is 0 Å². The summed E-state index contributed by atoms with van der Waals surface area (Å²) in [5.74, 6) is 0.826. The van der Waals surface area contributed by atoms with Crippen LogP contribution >= 0.6 is 15.9 Å². The average Bonchev–Trinajstić information content (AvgIpc) is 2.54. The Labute approximate surface area is 95.7 Å². The fraction of sp³-hybridized carbons (Fsp3) is 1.00. The Balaban J connectivity index is 2.01. The summed E-state index contributed by atoms with van der Waals surface area (Å²) < 4.78 is 6.04. The summed E-state index contributed by atoms with van der Waals surface area (Å²) in [5, 5.41) is 1.05. The molecule has 0 radical (unpaired) electrons.